The maximum absolute atomic E-state index is 4.78. The summed E-state index contributed by atoms with van der Waals surface area (Å²) >= 11 is 0. The Labute approximate surface area is 142 Å². The van der Waals surface area contributed by atoms with Crippen LogP contribution in [0.25, 0.3) is 21.8 Å². The SMILES string of the molecule is CC(C)n1c(NCc2cccc3ccccc23)nc2ccccc21. The lowest BCUT2D eigenvalue weighted by molar-refractivity contribution is 0.622. The van der Waals surface area contributed by atoms with Gasteiger partial charge in [0.05, 0.1) is 11.0 Å². The molecule has 1 N–H and O–H groups in total. The molecule has 3 aromatic carbocycles. The molecule has 0 aliphatic rings. The molecule has 3 nitrogen and oxygen atoms in total. The van der Waals surface area contributed by atoms with E-state index in [1.165, 1.54) is 21.9 Å². The van der Waals surface area contributed by atoms with Crippen LogP contribution in [0.15, 0.2) is 66.7 Å². The van der Waals surface area contributed by atoms with Gasteiger partial charge >= 0.3 is 0 Å². The van der Waals surface area contributed by atoms with Gasteiger partial charge in [-0.05, 0) is 42.3 Å². The summed E-state index contributed by atoms with van der Waals surface area (Å²) < 4.78 is 2.26. The van der Waals surface area contributed by atoms with E-state index in [-0.39, 0.29) is 0 Å². The van der Waals surface area contributed by atoms with Crippen LogP contribution < -0.4 is 5.32 Å². The molecule has 0 saturated heterocycles. The number of anilines is 1. The molecule has 4 rings (SSSR count). The monoisotopic (exact) mass is 315 g/mol. The van der Waals surface area contributed by atoms with Crippen LogP contribution in [0.4, 0.5) is 5.95 Å². The van der Waals surface area contributed by atoms with Crippen molar-refractivity contribution in [2.24, 2.45) is 0 Å². The van der Waals surface area contributed by atoms with Crippen molar-refractivity contribution in [2.45, 2.75) is 26.4 Å². The number of nitrogens with one attached hydrogen (secondary N) is 1. The predicted molar refractivity (Wildman–Crippen MR) is 101 cm³/mol. The van der Waals surface area contributed by atoms with E-state index in [1.807, 2.05) is 6.07 Å². The summed E-state index contributed by atoms with van der Waals surface area (Å²) in [5, 5.41) is 6.11. The van der Waals surface area contributed by atoms with Crippen molar-refractivity contribution in [1.82, 2.24) is 9.55 Å². The van der Waals surface area contributed by atoms with Gasteiger partial charge in [-0.15, -0.1) is 0 Å². The Kier molecular flexibility index (Phi) is 3.69. The first kappa shape index (κ1) is 14.8. The Bertz CT molecular complexity index is 993. The fraction of sp³-hybridized carbons (Fsp3) is 0.190. The van der Waals surface area contributed by atoms with Gasteiger partial charge in [0.2, 0.25) is 5.95 Å². The zero-order valence-electron chi connectivity index (χ0n) is 14.0. The molecule has 1 aromatic heterocycles. The standard InChI is InChI=1S/C21H21N3/c1-15(2)24-20-13-6-5-12-19(20)23-21(24)22-14-17-10-7-9-16-8-3-4-11-18(16)17/h3-13,15H,14H2,1-2H3,(H,22,23). The second-order valence-electron chi connectivity index (χ2n) is 6.38. The molecule has 0 fully saturated rings. The summed E-state index contributed by atoms with van der Waals surface area (Å²) in [7, 11) is 0. The third kappa shape index (κ3) is 2.52. The molecule has 120 valence electrons. The second-order valence-corrected chi connectivity index (χ2v) is 6.38. The van der Waals surface area contributed by atoms with Crippen LogP contribution in [-0.2, 0) is 6.54 Å². The van der Waals surface area contributed by atoms with Crippen molar-refractivity contribution >= 4 is 27.8 Å². The molecule has 0 radical (unpaired) electrons. The van der Waals surface area contributed by atoms with Crippen molar-refractivity contribution in [3.63, 3.8) is 0 Å². The number of aromatic nitrogens is 2. The van der Waals surface area contributed by atoms with E-state index < -0.39 is 0 Å². The highest BCUT2D eigenvalue weighted by atomic mass is 15.2. The molecule has 0 atom stereocenters. The maximum atomic E-state index is 4.78. The lowest BCUT2D eigenvalue weighted by Gasteiger charge is -2.15. The summed E-state index contributed by atoms with van der Waals surface area (Å²) in [5.41, 5.74) is 3.50. The summed E-state index contributed by atoms with van der Waals surface area (Å²) in [6.07, 6.45) is 0. The van der Waals surface area contributed by atoms with Crippen LogP contribution in [0, 0.1) is 0 Å². The third-order valence-corrected chi connectivity index (χ3v) is 4.43. The van der Waals surface area contributed by atoms with E-state index in [2.05, 4.69) is 84.4 Å². The van der Waals surface area contributed by atoms with Crippen LogP contribution in [0.1, 0.15) is 25.5 Å². The first-order valence-electron chi connectivity index (χ1n) is 8.41. The lowest BCUT2D eigenvalue weighted by Crippen LogP contribution is -2.09. The quantitative estimate of drug-likeness (QED) is 0.548. The normalized spacial score (nSPS) is 11.5. The minimum absolute atomic E-state index is 0.354. The molecule has 0 aliphatic heterocycles. The summed E-state index contributed by atoms with van der Waals surface area (Å²) in [6, 6.07) is 23.6. The molecule has 0 spiro atoms. The predicted octanol–water partition coefficient (Wildman–Crippen LogP) is 5.38. The minimum atomic E-state index is 0.354. The molecular formula is C21H21N3. The van der Waals surface area contributed by atoms with E-state index in [9.17, 15) is 0 Å². The topological polar surface area (TPSA) is 29.9 Å². The van der Waals surface area contributed by atoms with Crippen molar-refractivity contribution < 1.29 is 0 Å². The number of hydrogen-bond donors (Lipinski definition) is 1. The lowest BCUT2D eigenvalue weighted by atomic mass is 10.0. The molecule has 3 heteroatoms. The average molecular weight is 315 g/mol. The van der Waals surface area contributed by atoms with Gasteiger partial charge in [0.1, 0.15) is 0 Å². The van der Waals surface area contributed by atoms with Gasteiger partial charge in [0, 0.05) is 12.6 Å². The van der Waals surface area contributed by atoms with Crippen LogP contribution >= 0.6 is 0 Å². The fourth-order valence-corrected chi connectivity index (χ4v) is 3.31. The third-order valence-electron chi connectivity index (χ3n) is 4.43. The van der Waals surface area contributed by atoms with Gasteiger partial charge in [-0.1, -0.05) is 54.6 Å². The summed E-state index contributed by atoms with van der Waals surface area (Å²) in [4.78, 5) is 4.78. The fourth-order valence-electron chi connectivity index (χ4n) is 3.31. The van der Waals surface area contributed by atoms with Crippen LogP contribution in [0.2, 0.25) is 0 Å². The number of hydrogen-bond acceptors (Lipinski definition) is 2. The highest BCUT2D eigenvalue weighted by Crippen LogP contribution is 2.25. The van der Waals surface area contributed by atoms with Crippen molar-refractivity contribution in [1.29, 1.82) is 0 Å². The van der Waals surface area contributed by atoms with E-state index in [4.69, 9.17) is 4.98 Å². The second kappa shape index (κ2) is 6.00. The van der Waals surface area contributed by atoms with E-state index in [0.29, 0.717) is 6.04 Å². The molecule has 0 saturated carbocycles. The van der Waals surface area contributed by atoms with Gasteiger partial charge in [0.25, 0.3) is 0 Å². The van der Waals surface area contributed by atoms with Crippen LogP contribution in [0.5, 0.6) is 0 Å². The number of rotatable bonds is 4. The molecule has 0 unspecified atom stereocenters. The Hall–Kier alpha value is -2.81. The van der Waals surface area contributed by atoms with E-state index >= 15 is 0 Å². The van der Waals surface area contributed by atoms with Gasteiger partial charge in [0.15, 0.2) is 0 Å². The van der Waals surface area contributed by atoms with Gasteiger partial charge in [-0.2, -0.15) is 0 Å². The van der Waals surface area contributed by atoms with Gasteiger partial charge < -0.3 is 9.88 Å². The smallest absolute Gasteiger partial charge is 0.204 e. The molecule has 0 amide bonds. The van der Waals surface area contributed by atoms with Gasteiger partial charge in [-0.3, -0.25) is 0 Å². The van der Waals surface area contributed by atoms with Crippen molar-refractivity contribution in [3.05, 3.63) is 72.3 Å². The largest absolute Gasteiger partial charge is 0.352 e. The first-order valence-corrected chi connectivity index (χ1v) is 8.41. The van der Waals surface area contributed by atoms with Crippen molar-refractivity contribution in [2.75, 3.05) is 5.32 Å². The molecule has 24 heavy (non-hydrogen) atoms. The molecule has 4 aromatic rings. The molecule has 1 heterocycles. The Morgan fingerprint density at radius 2 is 1.67 bits per heavy atom. The summed E-state index contributed by atoms with van der Waals surface area (Å²) in [5.74, 6) is 0.930. The number of imidazole rings is 1. The number of nitrogens with zero attached hydrogens (tertiary/aromatic N) is 2. The number of para-hydroxylation sites is 2. The number of fused-ring (bicyclic) bond motifs is 2. The molecule has 0 aliphatic carbocycles. The maximum Gasteiger partial charge on any atom is 0.204 e. The molecule has 0 bridgehead atoms. The summed E-state index contributed by atoms with van der Waals surface area (Å²) in [6.45, 7) is 5.14. The Morgan fingerprint density at radius 3 is 2.54 bits per heavy atom. The zero-order valence-corrected chi connectivity index (χ0v) is 14.0. The first-order chi connectivity index (χ1) is 11.7. The average Bonchev–Trinajstić information content (AvgIpc) is 2.98. The Balaban J connectivity index is 1.71. The molecular weight excluding hydrogens is 294 g/mol. The van der Waals surface area contributed by atoms with Crippen molar-refractivity contribution in [3.8, 4) is 0 Å². The van der Waals surface area contributed by atoms with Crippen LogP contribution in [-0.4, -0.2) is 9.55 Å². The van der Waals surface area contributed by atoms with Gasteiger partial charge in [-0.25, -0.2) is 4.98 Å². The highest BCUT2D eigenvalue weighted by Gasteiger charge is 2.12. The van der Waals surface area contributed by atoms with Crippen LogP contribution in [0.3, 0.4) is 0 Å². The Morgan fingerprint density at radius 1 is 0.917 bits per heavy atom. The van der Waals surface area contributed by atoms with E-state index in [1.54, 1.807) is 0 Å². The highest BCUT2D eigenvalue weighted by molar-refractivity contribution is 5.86. The number of benzene rings is 3. The zero-order chi connectivity index (χ0) is 16.5. The van der Waals surface area contributed by atoms with E-state index in [0.717, 1.165) is 18.0 Å². The minimum Gasteiger partial charge on any atom is -0.352 e.